The summed E-state index contributed by atoms with van der Waals surface area (Å²) >= 11 is -0.556. The Balaban J connectivity index is 0.000000891. The Hall–Kier alpha value is -0.366. The van der Waals surface area contributed by atoms with E-state index >= 15 is 0 Å². The van der Waals surface area contributed by atoms with Gasteiger partial charge in [0, 0.05) is 10.9 Å². The molecule has 1 atom stereocenters. The molecule has 0 saturated carbocycles. The first-order chi connectivity index (χ1) is 11.3. The minimum absolute atomic E-state index is 0.426. The molecule has 0 aliphatic heterocycles. The number of aryl methyl sites for hydroxylation is 3. The van der Waals surface area contributed by atoms with Gasteiger partial charge in [-0.25, -0.2) is 4.58 Å². The Morgan fingerprint density at radius 1 is 1.00 bits per heavy atom. The summed E-state index contributed by atoms with van der Waals surface area (Å²) in [6.07, 6.45) is 2.13. The first-order valence-corrected chi connectivity index (χ1v) is 12.7. The van der Waals surface area contributed by atoms with E-state index in [1.807, 2.05) is 27.1 Å². The number of benzene rings is 2. The van der Waals surface area contributed by atoms with Crippen molar-refractivity contribution in [2.45, 2.75) is 20.8 Å². The molecule has 0 amide bonds. The van der Waals surface area contributed by atoms with E-state index < -0.39 is 17.0 Å². The van der Waals surface area contributed by atoms with E-state index in [2.05, 4.69) is 48.9 Å². The normalized spacial score (nSPS) is 10.3. The summed E-state index contributed by atoms with van der Waals surface area (Å²) < 4.78 is 2.06. The third-order valence-electron chi connectivity index (χ3n) is 3.32. The van der Waals surface area contributed by atoms with Gasteiger partial charge >= 0.3 is 35.6 Å². The van der Waals surface area contributed by atoms with Crippen molar-refractivity contribution in [1.29, 1.82) is 0 Å². The number of rotatable bonds is 3. The summed E-state index contributed by atoms with van der Waals surface area (Å²) in [5, 5.41) is 12.6. The average molecular weight is 419 g/mol. The van der Waals surface area contributed by atoms with Crippen LogP contribution in [0.25, 0.3) is 0 Å². The number of halogens is 2. The summed E-state index contributed by atoms with van der Waals surface area (Å²) in [4.78, 5) is 0. The van der Waals surface area contributed by atoms with Crippen molar-refractivity contribution in [2.75, 3.05) is 14.1 Å². The van der Waals surface area contributed by atoms with Crippen LogP contribution in [0.3, 0.4) is 0 Å². The van der Waals surface area contributed by atoms with Crippen LogP contribution in [0.15, 0.2) is 30.3 Å². The molecule has 6 heteroatoms. The zero-order chi connectivity index (χ0) is 18.3. The standard InChI is InChI=1S/C18H22NOP.2ClH.Ti/c1-12-6-7-16(15(9-12)11-19(4)5)21-17-10-13(2)8-14(3)18(17)20;;;/h6-11,21H,1-5H3;2*1H;/q;;;+2/p-1. The molecule has 0 saturated heterocycles. The summed E-state index contributed by atoms with van der Waals surface area (Å²) in [6, 6.07) is 10.6. The quantitative estimate of drug-likeness (QED) is 0.346. The van der Waals surface area contributed by atoms with Gasteiger partial charge in [0.15, 0.2) is 6.21 Å². The van der Waals surface area contributed by atoms with Crippen molar-refractivity contribution in [3.8, 4) is 5.75 Å². The van der Waals surface area contributed by atoms with E-state index in [1.165, 1.54) is 22.0 Å². The molecule has 1 N–H and O–H groups in total. The Morgan fingerprint density at radius 3 is 2.21 bits per heavy atom. The second-order valence-electron chi connectivity index (χ2n) is 5.86. The second-order valence-corrected chi connectivity index (χ2v) is 9.76. The summed E-state index contributed by atoms with van der Waals surface area (Å²) in [5.74, 6) is 0.426. The molecule has 1 unspecified atom stereocenters. The van der Waals surface area contributed by atoms with Crippen molar-refractivity contribution in [3.63, 3.8) is 0 Å². The predicted octanol–water partition coefficient (Wildman–Crippen LogP) is 4.01. The van der Waals surface area contributed by atoms with Gasteiger partial charge in [0.05, 0.1) is 0 Å². The maximum atomic E-state index is 10.3. The van der Waals surface area contributed by atoms with E-state index in [0.29, 0.717) is 14.3 Å². The van der Waals surface area contributed by atoms with Crippen LogP contribution in [-0.4, -0.2) is 30.0 Å². The van der Waals surface area contributed by atoms with Crippen LogP contribution in [0, 0.1) is 20.8 Å². The monoisotopic (exact) mass is 418 g/mol. The molecule has 0 aromatic heterocycles. The number of phenols is 1. The van der Waals surface area contributed by atoms with Gasteiger partial charge in [0.25, 0.3) is 0 Å². The average Bonchev–Trinajstić information content (AvgIpc) is 2.47. The molecular weight excluding hydrogens is 396 g/mol. The molecule has 0 aliphatic carbocycles. The fraction of sp³-hybridized carbons (Fsp3) is 0.278. The number of nitrogens with zero attached hydrogens (tertiary/aromatic N) is 1. The van der Waals surface area contributed by atoms with E-state index in [-0.39, 0.29) is 0 Å². The van der Waals surface area contributed by atoms with Crippen LogP contribution < -0.4 is 10.6 Å². The predicted molar refractivity (Wildman–Crippen MR) is 105 cm³/mol. The van der Waals surface area contributed by atoms with E-state index in [0.717, 1.165) is 10.9 Å². The molecule has 2 rings (SSSR count). The van der Waals surface area contributed by atoms with Crippen LogP contribution in [0.1, 0.15) is 22.3 Å². The minimum atomic E-state index is -0.556. The third kappa shape index (κ3) is 6.86. The van der Waals surface area contributed by atoms with Crippen LogP contribution >= 0.6 is 27.2 Å². The van der Waals surface area contributed by atoms with Crippen LogP contribution in [0.2, 0.25) is 0 Å². The van der Waals surface area contributed by atoms with Gasteiger partial charge < -0.3 is 5.11 Å². The number of phenolic OH excluding ortho intramolecular Hbond substituents is 1. The van der Waals surface area contributed by atoms with Gasteiger partial charge in [-0.15, -0.1) is 0 Å². The maximum absolute atomic E-state index is 10.3. The van der Waals surface area contributed by atoms with Gasteiger partial charge in [-0.3, -0.25) is 0 Å². The van der Waals surface area contributed by atoms with Crippen molar-refractivity contribution in [1.82, 2.24) is 0 Å². The Morgan fingerprint density at radius 2 is 1.62 bits per heavy atom. The van der Waals surface area contributed by atoms with E-state index in [9.17, 15) is 5.11 Å². The number of aromatic hydroxyl groups is 1. The molecule has 0 heterocycles. The van der Waals surface area contributed by atoms with Crippen LogP contribution in [0.4, 0.5) is 0 Å². The van der Waals surface area contributed by atoms with Crippen LogP contribution in [0.5, 0.6) is 5.75 Å². The van der Waals surface area contributed by atoms with Crippen molar-refractivity contribution < 1.29 is 26.7 Å². The topological polar surface area (TPSA) is 23.2 Å². The number of hydrogen-bond donors (Lipinski definition) is 1. The van der Waals surface area contributed by atoms with E-state index in [1.54, 1.807) is 0 Å². The molecule has 0 spiro atoms. The molecular formula is C18H23Cl2NOPTi+. The summed E-state index contributed by atoms with van der Waals surface area (Å²) in [5.41, 5.74) is 4.61. The molecule has 0 aliphatic rings. The first-order valence-electron chi connectivity index (χ1n) is 7.44. The molecule has 0 radical (unpaired) electrons. The Kier molecular flexibility index (Phi) is 9.56. The SMILES string of the molecule is Cc1ccc(Pc2cc(C)cc(C)c2O)c(C=[N+](C)C)c1.[Cl][Ti][Cl]. The first kappa shape index (κ1) is 21.7. The van der Waals surface area contributed by atoms with Crippen molar-refractivity contribution >= 4 is 44.0 Å². The second kappa shape index (κ2) is 10.6. The van der Waals surface area contributed by atoms with Crippen LogP contribution in [-0.2, 0) is 17.0 Å². The molecule has 128 valence electrons. The summed E-state index contributed by atoms with van der Waals surface area (Å²) in [7, 11) is 14.3. The van der Waals surface area contributed by atoms with Crippen molar-refractivity contribution in [2.24, 2.45) is 0 Å². The van der Waals surface area contributed by atoms with Gasteiger partial charge in [-0.1, -0.05) is 32.3 Å². The van der Waals surface area contributed by atoms with Gasteiger partial charge in [0.1, 0.15) is 19.8 Å². The Labute approximate surface area is 163 Å². The van der Waals surface area contributed by atoms with E-state index in [4.69, 9.17) is 18.6 Å². The molecule has 24 heavy (non-hydrogen) atoms. The molecule has 0 fully saturated rings. The van der Waals surface area contributed by atoms with Gasteiger partial charge in [-0.2, -0.15) is 0 Å². The third-order valence-corrected chi connectivity index (χ3v) is 4.69. The molecule has 0 bridgehead atoms. The number of hydrogen-bond acceptors (Lipinski definition) is 1. The van der Waals surface area contributed by atoms with Gasteiger partial charge in [0.2, 0.25) is 0 Å². The summed E-state index contributed by atoms with van der Waals surface area (Å²) in [6.45, 7) is 6.13. The molecule has 2 aromatic carbocycles. The zero-order valence-corrected chi connectivity index (χ0v) is 18.7. The fourth-order valence-corrected chi connectivity index (χ4v) is 3.73. The fourth-order valence-electron chi connectivity index (χ4n) is 2.38. The molecule has 2 aromatic rings. The van der Waals surface area contributed by atoms with Gasteiger partial charge in [-0.05, 0) is 49.3 Å². The Bertz CT molecular complexity index is 731. The molecule has 2 nitrogen and oxygen atoms in total. The van der Waals surface area contributed by atoms with Crippen molar-refractivity contribution in [3.05, 3.63) is 52.6 Å². The zero-order valence-electron chi connectivity index (χ0n) is 14.6.